The van der Waals surface area contributed by atoms with Crippen molar-refractivity contribution in [1.29, 1.82) is 0 Å². The van der Waals surface area contributed by atoms with Gasteiger partial charge in [0.05, 0.1) is 13.1 Å². The highest BCUT2D eigenvalue weighted by Crippen LogP contribution is 2.13. The summed E-state index contributed by atoms with van der Waals surface area (Å²) in [6.07, 6.45) is 0. The summed E-state index contributed by atoms with van der Waals surface area (Å²) in [5.41, 5.74) is 1.29. The van der Waals surface area contributed by atoms with Gasteiger partial charge in [0, 0.05) is 24.2 Å². The number of carbonyl (C=O) groups excluding carboxylic acids is 1. The SMILES string of the molecule is CCNC(=NCc1ccc(F)c(CN(C)C)c1)NCC(=O)NC(C)(C)C. The molecular formula is C19H32FN5O. The van der Waals surface area contributed by atoms with Crippen LogP contribution in [0.2, 0.25) is 0 Å². The van der Waals surface area contributed by atoms with E-state index in [1.165, 1.54) is 6.07 Å². The Labute approximate surface area is 156 Å². The normalized spacial score (nSPS) is 12.2. The molecule has 6 nitrogen and oxygen atoms in total. The maximum atomic E-state index is 13.9. The molecule has 0 radical (unpaired) electrons. The molecule has 0 aliphatic carbocycles. The molecule has 0 aliphatic heterocycles. The van der Waals surface area contributed by atoms with Gasteiger partial charge in [-0.1, -0.05) is 6.07 Å². The molecule has 0 heterocycles. The lowest BCUT2D eigenvalue weighted by molar-refractivity contribution is -0.121. The lowest BCUT2D eigenvalue weighted by atomic mass is 10.1. The molecule has 0 aromatic heterocycles. The number of benzene rings is 1. The standard InChI is InChI=1S/C19H32FN5O/c1-7-21-18(23-12-17(26)24-19(2,3)4)22-11-14-8-9-16(20)15(10-14)13-25(5)6/h8-10H,7,11-13H2,1-6H3,(H,24,26)(H2,21,22,23). The summed E-state index contributed by atoms with van der Waals surface area (Å²) in [4.78, 5) is 18.3. The van der Waals surface area contributed by atoms with Gasteiger partial charge in [0.2, 0.25) is 5.91 Å². The average Bonchev–Trinajstić information content (AvgIpc) is 2.50. The van der Waals surface area contributed by atoms with Crippen LogP contribution in [-0.4, -0.2) is 49.5 Å². The van der Waals surface area contributed by atoms with Crippen molar-refractivity contribution < 1.29 is 9.18 Å². The Balaban J connectivity index is 2.72. The van der Waals surface area contributed by atoms with E-state index in [2.05, 4.69) is 20.9 Å². The molecule has 0 saturated heterocycles. The van der Waals surface area contributed by atoms with E-state index in [1.54, 1.807) is 6.07 Å². The van der Waals surface area contributed by atoms with Crippen molar-refractivity contribution in [2.24, 2.45) is 4.99 Å². The number of halogens is 1. The molecule has 26 heavy (non-hydrogen) atoms. The van der Waals surface area contributed by atoms with Gasteiger partial charge in [0.25, 0.3) is 0 Å². The molecule has 0 fully saturated rings. The van der Waals surface area contributed by atoms with Gasteiger partial charge in [-0.2, -0.15) is 0 Å². The summed E-state index contributed by atoms with van der Waals surface area (Å²) in [6, 6.07) is 5.03. The second kappa shape index (κ2) is 10.1. The van der Waals surface area contributed by atoms with E-state index in [1.807, 2.05) is 52.8 Å². The van der Waals surface area contributed by atoms with Crippen molar-refractivity contribution in [3.05, 3.63) is 35.1 Å². The highest BCUT2D eigenvalue weighted by Gasteiger charge is 2.13. The van der Waals surface area contributed by atoms with Crippen LogP contribution in [0.25, 0.3) is 0 Å². The largest absolute Gasteiger partial charge is 0.357 e. The van der Waals surface area contributed by atoms with Gasteiger partial charge in [0.1, 0.15) is 5.82 Å². The Bertz CT molecular complexity index is 623. The Kier molecular flexibility index (Phi) is 8.51. The van der Waals surface area contributed by atoms with Crippen molar-refractivity contribution in [2.45, 2.75) is 46.3 Å². The minimum absolute atomic E-state index is 0.0989. The van der Waals surface area contributed by atoms with Crippen LogP contribution < -0.4 is 16.0 Å². The van der Waals surface area contributed by atoms with Crippen molar-refractivity contribution in [3.63, 3.8) is 0 Å². The summed E-state index contributed by atoms with van der Waals surface area (Å²) in [5, 5.41) is 9.01. The van der Waals surface area contributed by atoms with Crippen molar-refractivity contribution in [1.82, 2.24) is 20.9 Å². The molecule has 0 aliphatic rings. The Hall–Kier alpha value is -2.15. The third-order valence-corrected chi connectivity index (χ3v) is 3.29. The number of hydrogen-bond donors (Lipinski definition) is 3. The van der Waals surface area contributed by atoms with Crippen LogP contribution in [0.3, 0.4) is 0 Å². The predicted molar refractivity (Wildman–Crippen MR) is 105 cm³/mol. The topological polar surface area (TPSA) is 68.8 Å². The minimum atomic E-state index is -0.273. The molecule has 0 bridgehead atoms. The number of nitrogens with one attached hydrogen (secondary N) is 3. The van der Waals surface area contributed by atoms with Crippen molar-refractivity contribution >= 4 is 11.9 Å². The van der Waals surface area contributed by atoms with E-state index in [0.717, 1.165) is 5.56 Å². The van der Waals surface area contributed by atoms with Crippen LogP contribution in [0.15, 0.2) is 23.2 Å². The van der Waals surface area contributed by atoms with Crippen LogP contribution in [0, 0.1) is 5.82 Å². The molecule has 7 heteroatoms. The van der Waals surface area contributed by atoms with E-state index in [0.29, 0.717) is 31.2 Å². The van der Waals surface area contributed by atoms with Crippen LogP contribution in [0.4, 0.5) is 4.39 Å². The van der Waals surface area contributed by atoms with Crippen molar-refractivity contribution in [2.75, 3.05) is 27.2 Å². The molecule has 0 atom stereocenters. The quantitative estimate of drug-likeness (QED) is 0.510. The van der Waals surface area contributed by atoms with Gasteiger partial charge < -0.3 is 20.9 Å². The molecule has 3 N–H and O–H groups in total. The maximum absolute atomic E-state index is 13.9. The average molecular weight is 365 g/mol. The van der Waals surface area contributed by atoms with Crippen molar-refractivity contribution in [3.8, 4) is 0 Å². The molecule has 146 valence electrons. The Morgan fingerprint density at radius 3 is 2.50 bits per heavy atom. The Morgan fingerprint density at radius 2 is 1.92 bits per heavy atom. The van der Waals surface area contributed by atoms with E-state index in [-0.39, 0.29) is 23.8 Å². The first-order valence-electron chi connectivity index (χ1n) is 8.86. The molecule has 0 saturated carbocycles. The molecule has 0 unspecified atom stereocenters. The zero-order chi connectivity index (χ0) is 19.7. The first kappa shape index (κ1) is 21.9. The number of carbonyl (C=O) groups is 1. The first-order chi connectivity index (χ1) is 12.1. The lowest BCUT2D eigenvalue weighted by Crippen LogP contribution is -2.48. The van der Waals surface area contributed by atoms with Crippen LogP contribution in [0.1, 0.15) is 38.8 Å². The second-order valence-corrected chi connectivity index (χ2v) is 7.51. The van der Waals surface area contributed by atoms with E-state index in [9.17, 15) is 9.18 Å². The molecule has 1 aromatic carbocycles. The van der Waals surface area contributed by atoms with Gasteiger partial charge >= 0.3 is 0 Å². The fraction of sp³-hybridized carbons (Fsp3) is 0.579. The molecule has 0 spiro atoms. The van der Waals surface area contributed by atoms with Gasteiger partial charge in [-0.15, -0.1) is 0 Å². The van der Waals surface area contributed by atoms with Crippen LogP contribution in [0.5, 0.6) is 0 Å². The number of nitrogens with zero attached hydrogens (tertiary/aromatic N) is 2. The molecular weight excluding hydrogens is 333 g/mol. The third kappa shape index (κ3) is 8.80. The van der Waals surface area contributed by atoms with Crippen LogP contribution in [-0.2, 0) is 17.9 Å². The highest BCUT2D eigenvalue weighted by molar-refractivity contribution is 5.86. The maximum Gasteiger partial charge on any atom is 0.239 e. The molecule has 1 rings (SSSR count). The number of hydrogen-bond acceptors (Lipinski definition) is 3. The number of rotatable bonds is 7. The number of aliphatic imine (C=N–C) groups is 1. The summed E-state index contributed by atoms with van der Waals surface area (Å²) in [7, 11) is 3.81. The zero-order valence-corrected chi connectivity index (χ0v) is 16.7. The minimum Gasteiger partial charge on any atom is -0.357 e. The smallest absolute Gasteiger partial charge is 0.239 e. The molecule has 1 amide bonds. The van der Waals surface area contributed by atoms with Gasteiger partial charge in [-0.05, 0) is 59.5 Å². The third-order valence-electron chi connectivity index (χ3n) is 3.29. The summed E-state index contributed by atoms with van der Waals surface area (Å²) >= 11 is 0. The highest BCUT2D eigenvalue weighted by atomic mass is 19.1. The van der Waals surface area contributed by atoms with Gasteiger partial charge in [0.15, 0.2) is 5.96 Å². The van der Waals surface area contributed by atoms with E-state index >= 15 is 0 Å². The fourth-order valence-corrected chi connectivity index (χ4v) is 2.33. The monoisotopic (exact) mass is 365 g/mol. The van der Waals surface area contributed by atoms with E-state index < -0.39 is 0 Å². The summed E-state index contributed by atoms with van der Waals surface area (Å²) in [5.74, 6) is 0.239. The van der Waals surface area contributed by atoms with Gasteiger partial charge in [-0.25, -0.2) is 9.38 Å². The number of amides is 1. The predicted octanol–water partition coefficient (Wildman–Crippen LogP) is 1.86. The number of guanidine groups is 1. The Morgan fingerprint density at radius 1 is 1.23 bits per heavy atom. The van der Waals surface area contributed by atoms with Gasteiger partial charge in [-0.3, -0.25) is 4.79 Å². The fourth-order valence-electron chi connectivity index (χ4n) is 2.33. The summed E-state index contributed by atoms with van der Waals surface area (Å²) in [6.45, 7) is 9.52. The zero-order valence-electron chi connectivity index (χ0n) is 16.7. The lowest BCUT2D eigenvalue weighted by Gasteiger charge is -2.21. The molecule has 1 aromatic rings. The summed E-state index contributed by atoms with van der Waals surface area (Å²) < 4.78 is 13.9. The van der Waals surface area contributed by atoms with E-state index in [4.69, 9.17) is 0 Å². The first-order valence-corrected chi connectivity index (χ1v) is 8.86. The second-order valence-electron chi connectivity index (χ2n) is 7.51. The van der Waals surface area contributed by atoms with Crippen LogP contribution >= 0.6 is 0 Å².